The fraction of sp³-hybridized carbons (Fsp3) is 1.00. The summed E-state index contributed by atoms with van der Waals surface area (Å²) in [4.78, 5) is 2.67. The number of nitrogens with one attached hydrogen (secondary N) is 1. The molecule has 2 aliphatic carbocycles. The van der Waals surface area contributed by atoms with E-state index in [1.807, 2.05) is 0 Å². The predicted octanol–water partition coefficient (Wildman–Crippen LogP) is 3.33. The summed E-state index contributed by atoms with van der Waals surface area (Å²) in [6.45, 7) is 5.80. The van der Waals surface area contributed by atoms with Crippen molar-refractivity contribution in [1.29, 1.82) is 0 Å². The van der Waals surface area contributed by atoms with Gasteiger partial charge in [0.05, 0.1) is 12.7 Å². The Morgan fingerprint density at radius 1 is 0.952 bits per heavy atom. The van der Waals surface area contributed by atoms with Crippen LogP contribution in [0.25, 0.3) is 0 Å². The van der Waals surface area contributed by atoms with Crippen molar-refractivity contribution in [2.75, 3.05) is 32.8 Å². The first-order valence-corrected chi connectivity index (χ1v) is 9.45. The van der Waals surface area contributed by atoms with Gasteiger partial charge in [0, 0.05) is 18.6 Å². The number of hydrogen-bond donors (Lipinski definition) is 1. The summed E-state index contributed by atoms with van der Waals surface area (Å²) in [6, 6.07) is 0. The second kappa shape index (κ2) is 7.94. The van der Waals surface area contributed by atoms with Crippen LogP contribution in [0.5, 0.6) is 0 Å². The molecule has 3 fully saturated rings. The van der Waals surface area contributed by atoms with Gasteiger partial charge in [-0.1, -0.05) is 38.5 Å². The van der Waals surface area contributed by atoms with Gasteiger partial charge in [-0.3, -0.25) is 4.90 Å². The molecule has 0 atom stereocenters. The van der Waals surface area contributed by atoms with Gasteiger partial charge in [0.15, 0.2) is 0 Å². The molecule has 0 aromatic rings. The average Bonchev–Trinajstić information content (AvgIpc) is 2.72. The summed E-state index contributed by atoms with van der Waals surface area (Å²) in [6.07, 6.45) is 15.7. The van der Waals surface area contributed by atoms with Crippen molar-refractivity contribution in [2.24, 2.45) is 0 Å². The molecule has 0 aromatic carbocycles. The molecular weight excluding hydrogens is 260 g/mol. The molecule has 3 aliphatic rings. The van der Waals surface area contributed by atoms with Crippen molar-refractivity contribution in [3.05, 3.63) is 0 Å². The minimum Gasteiger partial charge on any atom is -0.377 e. The Hall–Kier alpha value is -0.120. The lowest BCUT2D eigenvalue weighted by Gasteiger charge is -2.40. The van der Waals surface area contributed by atoms with E-state index < -0.39 is 0 Å². The van der Waals surface area contributed by atoms with Gasteiger partial charge in [-0.25, -0.2) is 0 Å². The Morgan fingerprint density at radius 3 is 2.52 bits per heavy atom. The molecule has 21 heavy (non-hydrogen) atoms. The number of ether oxygens (including phenoxy) is 1. The van der Waals surface area contributed by atoms with Crippen LogP contribution in [0.15, 0.2) is 0 Å². The molecule has 0 aromatic heterocycles. The van der Waals surface area contributed by atoms with Crippen LogP contribution in [-0.4, -0.2) is 49.3 Å². The molecule has 0 bridgehead atoms. The molecule has 1 heterocycles. The second-order valence-electron chi connectivity index (χ2n) is 7.53. The Labute approximate surface area is 130 Å². The van der Waals surface area contributed by atoms with Crippen molar-refractivity contribution in [2.45, 2.75) is 82.3 Å². The number of hydrogen-bond acceptors (Lipinski definition) is 3. The van der Waals surface area contributed by atoms with Crippen molar-refractivity contribution in [1.82, 2.24) is 10.2 Å². The fourth-order valence-electron chi connectivity index (χ4n) is 4.55. The zero-order valence-corrected chi connectivity index (χ0v) is 13.7. The zero-order valence-electron chi connectivity index (χ0n) is 13.7. The zero-order chi connectivity index (χ0) is 14.4. The van der Waals surface area contributed by atoms with Gasteiger partial charge in [-0.15, -0.1) is 0 Å². The smallest absolute Gasteiger partial charge is 0.0597 e. The van der Waals surface area contributed by atoms with Crippen LogP contribution in [0.3, 0.4) is 0 Å². The highest BCUT2D eigenvalue weighted by atomic mass is 16.5. The van der Waals surface area contributed by atoms with Gasteiger partial charge in [-0.05, 0) is 45.2 Å². The quantitative estimate of drug-likeness (QED) is 0.860. The molecule has 1 aliphatic heterocycles. The molecule has 0 amide bonds. The lowest BCUT2D eigenvalue weighted by molar-refractivity contribution is 0.0130. The predicted molar refractivity (Wildman–Crippen MR) is 87.7 cm³/mol. The van der Waals surface area contributed by atoms with E-state index in [9.17, 15) is 0 Å². The molecule has 2 saturated carbocycles. The summed E-state index contributed by atoms with van der Waals surface area (Å²) in [7, 11) is 0. The first-order chi connectivity index (χ1) is 10.4. The molecule has 0 radical (unpaired) electrons. The van der Waals surface area contributed by atoms with Gasteiger partial charge >= 0.3 is 0 Å². The van der Waals surface area contributed by atoms with Gasteiger partial charge in [-0.2, -0.15) is 0 Å². The third-order valence-corrected chi connectivity index (χ3v) is 5.80. The average molecular weight is 294 g/mol. The summed E-state index contributed by atoms with van der Waals surface area (Å²) >= 11 is 0. The van der Waals surface area contributed by atoms with E-state index in [4.69, 9.17) is 4.74 Å². The van der Waals surface area contributed by atoms with Crippen molar-refractivity contribution < 1.29 is 4.74 Å². The molecule has 0 unspecified atom stereocenters. The van der Waals surface area contributed by atoms with Crippen LogP contribution in [0.2, 0.25) is 0 Å². The maximum Gasteiger partial charge on any atom is 0.0597 e. The van der Waals surface area contributed by atoms with E-state index in [0.29, 0.717) is 11.6 Å². The van der Waals surface area contributed by atoms with Crippen LogP contribution in [0, 0.1) is 0 Å². The normalized spacial score (nSPS) is 28.6. The van der Waals surface area contributed by atoms with E-state index >= 15 is 0 Å². The van der Waals surface area contributed by atoms with E-state index in [-0.39, 0.29) is 0 Å². The third kappa shape index (κ3) is 4.67. The van der Waals surface area contributed by atoms with E-state index in [0.717, 1.165) is 13.2 Å². The number of nitrogens with zero attached hydrogens (tertiary/aromatic N) is 1. The highest BCUT2D eigenvalue weighted by Crippen LogP contribution is 2.30. The van der Waals surface area contributed by atoms with Crippen molar-refractivity contribution >= 4 is 0 Å². The molecule has 122 valence electrons. The fourth-order valence-corrected chi connectivity index (χ4v) is 4.55. The second-order valence-corrected chi connectivity index (χ2v) is 7.53. The van der Waals surface area contributed by atoms with Crippen LogP contribution >= 0.6 is 0 Å². The molecule has 1 saturated heterocycles. The Bertz CT molecular complexity index is 296. The Morgan fingerprint density at radius 2 is 1.71 bits per heavy atom. The van der Waals surface area contributed by atoms with E-state index in [2.05, 4.69) is 10.2 Å². The van der Waals surface area contributed by atoms with Gasteiger partial charge in [0.1, 0.15) is 0 Å². The lowest BCUT2D eigenvalue weighted by Crippen LogP contribution is -2.53. The minimum absolute atomic E-state index is 0.430. The van der Waals surface area contributed by atoms with Crippen LogP contribution in [-0.2, 0) is 4.74 Å². The SMILES string of the molecule is C1CCC(OCCN2CCCNC3(CCCCC3)C2)CC1. The Kier molecular flexibility index (Phi) is 5.96. The lowest BCUT2D eigenvalue weighted by atomic mass is 9.81. The standard InChI is InChI=1S/C18H34N2O/c1-3-8-17(9-4-1)21-15-14-20-13-7-12-19-18(16-20)10-5-2-6-11-18/h17,19H,1-16H2. The minimum atomic E-state index is 0.430. The summed E-state index contributed by atoms with van der Waals surface area (Å²) < 4.78 is 6.14. The van der Waals surface area contributed by atoms with Gasteiger partial charge in [0.2, 0.25) is 0 Å². The molecule has 1 spiro atoms. The monoisotopic (exact) mass is 294 g/mol. The molecule has 3 nitrogen and oxygen atoms in total. The van der Waals surface area contributed by atoms with Gasteiger partial charge < -0.3 is 10.1 Å². The maximum absolute atomic E-state index is 6.14. The molecule has 3 rings (SSSR count). The summed E-state index contributed by atoms with van der Waals surface area (Å²) in [5, 5.41) is 3.88. The van der Waals surface area contributed by atoms with Crippen LogP contribution in [0.4, 0.5) is 0 Å². The molecular formula is C18H34N2O. The summed E-state index contributed by atoms with van der Waals surface area (Å²) in [5.41, 5.74) is 0.430. The van der Waals surface area contributed by atoms with E-state index in [1.165, 1.54) is 90.3 Å². The van der Waals surface area contributed by atoms with Crippen molar-refractivity contribution in [3.63, 3.8) is 0 Å². The first kappa shape index (κ1) is 15.8. The first-order valence-electron chi connectivity index (χ1n) is 9.45. The highest BCUT2D eigenvalue weighted by Gasteiger charge is 2.34. The largest absolute Gasteiger partial charge is 0.377 e. The Balaban J connectivity index is 1.43. The van der Waals surface area contributed by atoms with E-state index in [1.54, 1.807) is 0 Å². The molecule has 3 heteroatoms. The third-order valence-electron chi connectivity index (χ3n) is 5.80. The van der Waals surface area contributed by atoms with Crippen LogP contribution in [0.1, 0.15) is 70.6 Å². The maximum atomic E-state index is 6.14. The van der Waals surface area contributed by atoms with Crippen molar-refractivity contribution in [3.8, 4) is 0 Å². The van der Waals surface area contributed by atoms with Crippen LogP contribution < -0.4 is 5.32 Å². The van der Waals surface area contributed by atoms with Gasteiger partial charge in [0.25, 0.3) is 0 Å². The number of rotatable bonds is 4. The highest BCUT2D eigenvalue weighted by molar-refractivity contribution is 4.95. The molecule has 1 N–H and O–H groups in total. The topological polar surface area (TPSA) is 24.5 Å². The summed E-state index contributed by atoms with van der Waals surface area (Å²) in [5.74, 6) is 0.